The van der Waals surface area contributed by atoms with Crippen molar-refractivity contribution in [3.63, 3.8) is 0 Å². The van der Waals surface area contributed by atoms with Crippen LogP contribution >= 0.6 is 11.3 Å². The molecule has 3 rings (SSSR count). The van der Waals surface area contributed by atoms with Gasteiger partial charge in [0.15, 0.2) is 5.13 Å². The maximum atomic E-state index is 12.1. The third kappa shape index (κ3) is 3.05. The number of nitrogens with one attached hydrogen (secondary N) is 2. The molecule has 104 valence electrons. The normalized spacial score (nSPS) is 18.7. The minimum absolute atomic E-state index is 0.0265. The molecule has 0 bridgehead atoms. The molecule has 0 aliphatic carbocycles. The van der Waals surface area contributed by atoms with Crippen LogP contribution < -0.4 is 10.6 Å². The lowest BCUT2D eigenvalue weighted by atomic mass is 10.0. The number of hydrogen-bond acceptors (Lipinski definition) is 4. The van der Waals surface area contributed by atoms with Crippen LogP contribution in [0.15, 0.2) is 35.7 Å². The lowest BCUT2D eigenvalue weighted by Gasteiger charge is -2.21. The van der Waals surface area contributed by atoms with Crippen molar-refractivity contribution in [3.8, 4) is 11.3 Å². The fourth-order valence-corrected chi connectivity index (χ4v) is 3.06. The third-order valence-corrected chi connectivity index (χ3v) is 4.19. The average molecular weight is 287 g/mol. The van der Waals surface area contributed by atoms with Crippen LogP contribution in [-0.4, -0.2) is 23.5 Å². The summed E-state index contributed by atoms with van der Waals surface area (Å²) in [5, 5.41) is 8.79. The van der Waals surface area contributed by atoms with E-state index < -0.39 is 0 Å². The Morgan fingerprint density at radius 3 is 2.90 bits per heavy atom. The Balaban J connectivity index is 1.66. The monoisotopic (exact) mass is 287 g/mol. The van der Waals surface area contributed by atoms with Gasteiger partial charge < -0.3 is 10.6 Å². The van der Waals surface area contributed by atoms with Crippen molar-refractivity contribution >= 4 is 22.4 Å². The highest BCUT2D eigenvalue weighted by Gasteiger charge is 2.21. The summed E-state index contributed by atoms with van der Waals surface area (Å²) < 4.78 is 0. The summed E-state index contributed by atoms with van der Waals surface area (Å²) in [7, 11) is 0. The Bertz CT molecular complexity index is 576. The van der Waals surface area contributed by atoms with Crippen LogP contribution in [0, 0.1) is 0 Å². The SMILES string of the molecule is O=C(Nc1nc(-c2ccccc2)cs1)C1CCCCN1. The van der Waals surface area contributed by atoms with Crippen molar-refractivity contribution < 1.29 is 4.79 Å². The molecule has 2 N–H and O–H groups in total. The number of carbonyl (C=O) groups is 1. The van der Waals surface area contributed by atoms with Gasteiger partial charge in [-0.3, -0.25) is 4.79 Å². The first-order chi connectivity index (χ1) is 9.83. The Morgan fingerprint density at radius 2 is 2.15 bits per heavy atom. The van der Waals surface area contributed by atoms with E-state index in [0.717, 1.165) is 37.1 Å². The molecule has 4 nitrogen and oxygen atoms in total. The van der Waals surface area contributed by atoms with Crippen LogP contribution in [0.25, 0.3) is 11.3 Å². The molecule has 0 radical (unpaired) electrons. The van der Waals surface area contributed by atoms with Gasteiger partial charge in [0.2, 0.25) is 5.91 Å². The lowest BCUT2D eigenvalue weighted by molar-refractivity contribution is -0.118. The number of carbonyl (C=O) groups excluding carboxylic acids is 1. The van der Waals surface area contributed by atoms with Gasteiger partial charge in [0.25, 0.3) is 0 Å². The highest BCUT2D eigenvalue weighted by atomic mass is 32.1. The minimum atomic E-state index is -0.0761. The third-order valence-electron chi connectivity index (χ3n) is 3.43. The molecule has 1 aliphatic heterocycles. The lowest BCUT2D eigenvalue weighted by Crippen LogP contribution is -2.43. The van der Waals surface area contributed by atoms with Crippen molar-refractivity contribution in [2.75, 3.05) is 11.9 Å². The summed E-state index contributed by atoms with van der Waals surface area (Å²) in [5.41, 5.74) is 1.97. The second-order valence-electron chi connectivity index (χ2n) is 4.90. The van der Waals surface area contributed by atoms with E-state index in [1.54, 1.807) is 0 Å². The zero-order valence-corrected chi connectivity index (χ0v) is 12.0. The van der Waals surface area contributed by atoms with Crippen LogP contribution in [0.5, 0.6) is 0 Å². The van der Waals surface area contributed by atoms with Crippen LogP contribution in [0.2, 0.25) is 0 Å². The van der Waals surface area contributed by atoms with Crippen molar-refractivity contribution in [1.29, 1.82) is 0 Å². The molecule has 20 heavy (non-hydrogen) atoms. The molecular formula is C15H17N3OS. The fourth-order valence-electron chi connectivity index (χ4n) is 2.34. The van der Waals surface area contributed by atoms with E-state index in [9.17, 15) is 4.79 Å². The largest absolute Gasteiger partial charge is 0.306 e. The predicted octanol–water partition coefficient (Wildman–Crippen LogP) is 2.89. The number of rotatable bonds is 3. The molecule has 5 heteroatoms. The first kappa shape index (κ1) is 13.3. The van der Waals surface area contributed by atoms with E-state index in [1.165, 1.54) is 11.3 Å². The van der Waals surface area contributed by atoms with Crippen LogP contribution in [-0.2, 0) is 4.79 Å². The van der Waals surface area contributed by atoms with E-state index in [2.05, 4.69) is 15.6 Å². The summed E-state index contributed by atoms with van der Waals surface area (Å²) in [6.07, 6.45) is 3.17. The molecule has 1 aliphatic rings. The van der Waals surface area contributed by atoms with Crippen molar-refractivity contribution in [1.82, 2.24) is 10.3 Å². The molecule has 0 saturated carbocycles. The van der Waals surface area contributed by atoms with Gasteiger partial charge in [0.1, 0.15) is 0 Å². The van der Waals surface area contributed by atoms with E-state index in [1.807, 2.05) is 35.7 Å². The van der Waals surface area contributed by atoms with E-state index in [4.69, 9.17) is 0 Å². The molecular weight excluding hydrogens is 270 g/mol. The van der Waals surface area contributed by atoms with Gasteiger partial charge in [-0.05, 0) is 19.4 Å². The summed E-state index contributed by atoms with van der Waals surface area (Å²) in [6, 6.07) is 9.91. The van der Waals surface area contributed by atoms with Crippen molar-refractivity contribution in [3.05, 3.63) is 35.7 Å². The number of benzene rings is 1. The Kier molecular flexibility index (Phi) is 4.08. The van der Waals surface area contributed by atoms with Gasteiger partial charge in [-0.25, -0.2) is 4.98 Å². The number of hydrogen-bond donors (Lipinski definition) is 2. The molecule has 1 atom stereocenters. The van der Waals surface area contributed by atoms with Gasteiger partial charge in [-0.1, -0.05) is 36.8 Å². The molecule has 2 heterocycles. The summed E-state index contributed by atoms with van der Waals surface area (Å²) in [6.45, 7) is 0.922. The van der Waals surface area contributed by atoms with Crippen LogP contribution in [0.1, 0.15) is 19.3 Å². The fraction of sp³-hybridized carbons (Fsp3) is 0.333. The second kappa shape index (κ2) is 6.15. The Morgan fingerprint density at radius 1 is 1.30 bits per heavy atom. The maximum absolute atomic E-state index is 12.1. The quantitative estimate of drug-likeness (QED) is 0.912. The number of aromatic nitrogens is 1. The average Bonchev–Trinajstić information content (AvgIpc) is 2.97. The molecule has 2 aromatic rings. The molecule has 1 saturated heterocycles. The standard InChI is InChI=1S/C15H17N3OS/c19-14(12-8-4-5-9-16-12)18-15-17-13(10-20-15)11-6-2-1-3-7-11/h1-3,6-7,10,12,16H,4-5,8-9H2,(H,17,18,19). The minimum Gasteiger partial charge on any atom is -0.306 e. The molecule has 0 spiro atoms. The second-order valence-corrected chi connectivity index (χ2v) is 5.75. The summed E-state index contributed by atoms with van der Waals surface area (Å²) in [4.78, 5) is 16.6. The first-order valence-corrected chi connectivity index (χ1v) is 7.76. The summed E-state index contributed by atoms with van der Waals surface area (Å²) in [5.74, 6) is 0.0265. The number of amides is 1. The molecule has 1 aromatic heterocycles. The number of anilines is 1. The van der Waals surface area contributed by atoms with Crippen LogP contribution in [0.4, 0.5) is 5.13 Å². The summed E-state index contributed by atoms with van der Waals surface area (Å²) >= 11 is 1.47. The molecule has 1 aromatic carbocycles. The van der Waals surface area contributed by atoms with Gasteiger partial charge in [-0.15, -0.1) is 11.3 Å². The van der Waals surface area contributed by atoms with Gasteiger partial charge >= 0.3 is 0 Å². The van der Waals surface area contributed by atoms with Crippen molar-refractivity contribution in [2.24, 2.45) is 0 Å². The number of piperidine rings is 1. The number of nitrogens with zero attached hydrogens (tertiary/aromatic N) is 1. The maximum Gasteiger partial charge on any atom is 0.243 e. The van der Waals surface area contributed by atoms with E-state index in [-0.39, 0.29) is 11.9 Å². The highest BCUT2D eigenvalue weighted by molar-refractivity contribution is 7.14. The first-order valence-electron chi connectivity index (χ1n) is 6.88. The zero-order chi connectivity index (χ0) is 13.8. The van der Waals surface area contributed by atoms with E-state index >= 15 is 0 Å². The van der Waals surface area contributed by atoms with Gasteiger partial charge in [0.05, 0.1) is 11.7 Å². The molecule has 1 amide bonds. The topological polar surface area (TPSA) is 54.0 Å². The van der Waals surface area contributed by atoms with Crippen molar-refractivity contribution in [2.45, 2.75) is 25.3 Å². The molecule has 1 unspecified atom stereocenters. The van der Waals surface area contributed by atoms with Crippen LogP contribution in [0.3, 0.4) is 0 Å². The van der Waals surface area contributed by atoms with E-state index in [0.29, 0.717) is 5.13 Å². The highest BCUT2D eigenvalue weighted by Crippen LogP contribution is 2.24. The number of thiazole rings is 1. The Hall–Kier alpha value is -1.72. The van der Waals surface area contributed by atoms with Gasteiger partial charge in [0, 0.05) is 10.9 Å². The Labute approximate surface area is 122 Å². The molecule has 1 fully saturated rings. The smallest absolute Gasteiger partial charge is 0.243 e. The zero-order valence-electron chi connectivity index (χ0n) is 11.1. The predicted molar refractivity (Wildman–Crippen MR) is 81.8 cm³/mol. The van der Waals surface area contributed by atoms with Gasteiger partial charge in [-0.2, -0.15) is 0 Å².